The van der Waals surface area contributed by atoms with Gasteiger partial charge in [0.25, 0.3) is 0 Å². The summed E-state index contributed by atoms with van der Waals surface area (Å²) < 4.78 is 5.90. The van der Waals surface area contributed by atoms with Crippen molar-refractivity contribution in [2.24, 2.45) is 0 Å². The van der Waals surface area contributed by atoms with Gasteiger partial charge in [0.1, 0.15) is 5.75 Å². The Labute approximate surface area is 92.6 Å². The van der Waals surface area contributed by atoms with E-state index in [9.17, 15) is 0 Å². The molecule has 1 atom stereocenters. The molecule has 2 heterocycles. The minimum absolute atomic E-state index is 0.0832. The summed E-state index contributed by atoms with van der Waals surface area (Å²) in [6, 6.07) is 12.3. The van der Waals surface area contributed by atoms with Crippen LogP contribution >= 0.6 is 11.3 Å². The molecule has 0 bridgehead atoms. The Balaban J connectivity index is 1.96. The zero-order valence-electron chi connectivity index (χ0n) is 8.09. The van der Waals surface area contributed by atoms with Crippen molar-refractivity contribution in [1.82, 2.24) is 0 Å². The third kappa shape index (κ3) is 1.57. The summed E-state index contributed by atoms with van der Waals surface area (Å²) in [4.78, 5) is 1.25. The second kappa shape index (κ2) is 3.55. The quantitative estimate of drug-likeness (QED) is 0.699. The summed E-state index contributed by atoms with van der Waals surface area (Å²) in [6.45, 7) is 0. The molecule has 0 fully saturated rings. The van der Waals surface area contributed by atoms with Crippen LogP contribution in [0, 0.1) is 0 Å². The highest BCUT2D eigenvalue weighted by atomic mass is 32.1. The average Bonchev–Trinajstić information content (AvgIpc) is 2.82. The standard InChI is InChI=1S/C13H10OS/c1-2-5-11-10(4-1)7-8-12(14-11)13-6-3-9-15-13/h1-9,12H/t12-/m1/s1. The van der Waals surface area contributed by atoms with Crippen LogP contribution in [0.5, 0.6) is 5.75 Å². The molecule has 0 amide bonds. The third-order valence-corrected chi connectivity index (χ3v) is 3.38. The number of para-hydroxylation sites is 1. The zero-order chi connectivity index (χ0) is 10.1. The van der Waals surface area contributed by atoms with Crippen LogP contribution in [0.1, 0.15) is 16.5 Å². The van der Waals surface area contributed by atoms with Crippen LogP contribution in [-0.4, -0.2) is 0 Å². The van der Waals surface area contributed by atoms with Gasteiger partial charge in [-0.15, -0.1) is 11.3 Å². The second-order valence-electron chi connectivity index (χ2n) is 3.45. The average molecular weight is 214 g/mol. The molecule has 15 heavy (non-hydrogen) atoms. The van der Waals surface area contributed by atoms with E-state index in [1.54, 1.807) is 11.3 Å². The van der Waals surface area contributed by atoms with Crippen LogP contribution in [0.15, 0.2) is 47.9 Å². The van der Waals surface area contributed by atoms with E-state index < -0.39 is 0 Å². The molecule has 2 aromatic rings. The molecule has 1 aliphatic rings. The normalized spacial score (nSPS) is 18.3. The fourth-order valence-electron chi connectivity index (χ4n) is 1.70. The lowest BCUT2D eigenvalue weighted by molar-refractivity contribution is 0.255. The van der Waals surface area contributed by atoms with Crippen molar-refractivity contribution in [3.8, 4) is 5.75 Å². The molecular formula is C13H10OS. The minimum Gasteiger partial charge on any atom is -0.480 e. The van der Waals surface area contributed by atoms with Crippen molar-refractivity contribution in [2.45, 2.75) is 6.10 Å². The van der Waals surface area contributed by atoms with Crippen LogP contribution in [0.25, 0.3) is 6.08 Å². The number of ether oxygens (including phenoxy) is 1. The number of fused-ring (bicyclic) bond motifs is 1. The zero-order valence-corrected chi connectivity index (χ0v) is 8.91. The van der Waals surface area contributed by atoms with Gasteiger partial charge in [-0.05, 0) is 23.6 Å². The molecule has 3 rings (SSSR count). The molecule has 0 radical (unpaired) electrons. The Morgan fingerprint density at radius 3 is 2.87 bits per heavy atom. The molecule has 1 nitrogen and oxygen atoms in total. The van der Waals surface area contributed by atoms with E-state index in [0.717, 1.165) is 11.3 Å². The van der Waals surface area contributed by atoms with Crippen molar-refractivity contribution in [3.05, 3.63) is 58.3 Å². The van der Waals surface area contributed by atoms with Gasteiger partial charge >= 0.3 is 0 Å². The van der Waals surface area contributed by atoms with E-state index in [2.05, 4.69) is 35.7 Å². The van der Waals surface area contributed by atoms with Crippen LogP contribution in [0.4, 0.5) is 0 Å². The maximum absolute atomic E-state index is 5.90. The van der Waals surface area contributed by atoms with Crippen molar-refractivity contribution >= 4 is 17.4 Å². The van der Waals surface area contributed by atoms with E-state index in [1.807, 2.05) is 18.2 Å². The van der Waals surface area contributed by atoms with E-state index in [4.69, 9.17) is 4.74 Å². The van der Waals surface area contributed by atoms with Gasteiger partial charge in [-0.1, -0.05) is 30.3 Å². The molecule has 2 heteroatoms. The predicted molar refractivity (Wildman–Crippen MR) is 63.2 cm³/mol. The van der Waals surface area contributed by atoms with Gasteiger partial charge in [-0.25, -0.2) is 0 Å². The largest absolute Gasteiger partial charge is 0.480 e. The van der Waals surface area contributed by atoms with Gasteiger partial charge in [-0.2, -0.15) is 0 Å². The van der Waals surface area contributed by atoms with Crippen molar-refractivity contribution < 1.29 is 4.74 Å². The number of rotatable bonds is 1. The summed E-state index contributed by atoms with van der Waals surface area (Å²) in [5, 5.41) is 2.08. The highest BCUT2D eigenvalue weighted by Crippen LogP contribution is 2.33. The Hall–Kier alpha value is -1.54. The lowest BCUT2D eigenvalue weighted by Gasteiger charge is -2.20. The third-order valence-electron chi connectivity index (χ3n) is 2.45. The van der Waals surface area contributed by atoms with Gasteiger partial charge in [0.2, 0.25) is 0 Å². The summed E-state index contributed by atoms with van der Waals surface area (Å²) in [7, 11) is 0. The molecule has 74 valence electrons. The van der Waals surface area contributed by atoms with Crippen LogP contribution < -0.4 is 4.74 Å². The molecule has 1 aliphatic heterocycles. The van der Waals surface area contributed by atoms with E-state index >= 15 is 0 Å². The fraction of sp³-hybridized carbons (Fsp3) is 0.0769. The predicted octanol–water partition coefficient (Wildman–Crippen LogP) is 3.90. The smallest absolute Gasteiger partial charge is 0.151 e. The Morgan fingerprint density at radius 2 is 2.00 bits per heavy atom. The number of hydrogen-bond donors (Lipinski definition) is 0. The first-order valence-corrected chi connectivity index (χ1v) is 5.79. The molecule has 0 spiro atoms. The molecule has 0 N–H and O–H groups in total. The Morgan fingerprint density at radius 1 is 1.07 bits per heavy atom. The first-order valence-electron chi connectivity index (χ1n) is 4.91. The SMILES string of the molecule is C1=C[C@H](c2cccs2)Oc2ccccc21. The van der Waals surface area contributed by atoms with Crippen LogP contribution in [0.2, 0.25) is 0 Å². The van der Waals surface area contributed by atoms with E-state index in [0.29, 0.717) is 0 Å². The molecular weight excluding hydrogens is 204 g/mol. The molecule has 0 saturated carbocycles. The highest BCUT2D eigenvalue weighted by Gasteiger charge is 2.16. The summed E-state index contributed by atoms with van der Waals surface area (Å²) in [6.07, 6.45) is 4.32. The van der Waals surface area contributed by atoms with Crippen LogP contribution in [-0.2, 0) is 0 Å². The summed E-state index contributed by atoms with van der Waals surface area (Å²) in [5.41, 5.74) is 1.16. The van der Waals surface area contributed by atoms with Crippen molar-refractivity contribution in [3.63, 3.8) is 0 Å². The topological polar surface area (TPSA) is 9.23 Å². The van der Waals surface area contributed by atoms with Gasteiger partial charge in [0, 0.05) is 10.4 Å². The number of hydrogen-bond acceptors (Lipinski definition) is 2. The molecule has 0 saturated heterocycles. The van der Waals surface area contributed by atoms with Gasteiger partial charge in [-0.3, -0.25) is 0 Å². The van der Waals surface area contributed by atoms with Gasteiger partial charge in [0.15, 0.2) is 6.10 Å². The lowest BCUT2D eigenvalue weighted by atomic mass is 10.1. The first-order chi connectivity index (χ1) is 7.43. The summed E-state index contributed by atoms with van der Waals surface area (Å²) in [5.74, 6) is 0.971. The second-order valence-corrected chi connectivity index (χ2v) is 4.43. The van der Waals surface area contributed by atoms with Gasteiger partial charge in [0.05, 0.1) is 0 Å². The maximum atomic E-state index is 5.90. The molecule has 0 unspecified atom stereocenters. The molecule has 1 aromatic carbocycles. The van der Waals surface area contributed by atoms with E-state index in [-0.39, 0.29) is 6.10 Å². The number of benzene rings is 1. The van der Waals surface area contributed by atoms with Crippen molar-refractivity contribution in [2.75, 3.05) is 0 Å². The maximum Gasteiger partial charge on any atom is 0.151 e. The van der Waals surface area contributed by atoms with Gasteiger partial charge < -0.3 is 4.74 Å². The molecule has 1 aromatic heterocycles. The fourth-order valence-corrected chi connectivity index (χ4v) is 2.43. The molecule has 0 aliphatic carbocycles. The Kier molecular flexibility index (Phi) is 2.07. The van der Waals surface area contributed by atoms with Crippen LogP contribution in [0.3, 0.4) is 0 Å². The highest BCUT2D eigenvalue weighted by molar-refractivity contribution is 7.10. The number of thiophene rings is 1. The Bertz CT molecular complexity index is 485. The van der Waals surface area contributed by atoms with E-state index in [1.165, 1.54) is 4.88 Å². The summed E-state index contributed by atoms with van der Waals surface area (Å²) >= 11 is 1.73. The first kappa shape index (κ1) is 8.74. The monoisotopic (exact) mass is 214 g/mol. The van der Waals surface area contributed by atoms with Crippen molar-refractivity contribution in [1.29, 1.82) is 0 Å². The minimum atomic E-state index is 0.0832. The lowest BCUT2D eigenvalue weighted by Crippen LogP contribution is -2.06.